The van der Waals surface area contributed by atoms with Gasteiger partial charge in [-0.3, -0.25) is 14.6 Å². The van der Waals surface area contributed by atoms with E-state index < -0.39 is 5.41 Å². The van der Waals surface area contributed by atoms with Crippen LogP contribution < -0.4 is 10.6 Å². The van der Waals surface area contributed by atoms with Gasteiger partial charge in [0.2, 0.25) is 5.91 Å². The maximum atomic E-state index is 13.5. The Hall–Kier alpha value is -2.32. The Morgan fingerprint density at radius 3 is 2.70 bits per heavy atom. The topological polar surface area (TPSA) is 93.2 Å². The van der Waals surface area contributed by atoms with Gasteiger partial charge in [-0.25, -0.2) is 4.98 Å². The summed E-state index contributed by atoms with van der Waals surface area (Å²) in [6.45, 7) is 3.13. The summed E-state index contributed by atoms with van der Waals surface area (Å²) in [5, 5.41) is 7.98. The number of rotatable bonds is 9. The fourth-order valence-electron chi connectivity index (χ4n) is 5.20. The Morgan fingerprint density at radius 2 is 2.03 bits per heavy atom. The molecule has 4 rings (SSSR count). The van der Waals surface area contributed by atoms with E-state index in [1.54, 1.807) is 23.7 Å². The van der Waals surface area contributed by atoms with Gasteiger partial charge in [0.1, 0.15) is 11.5 Å². The van der Waals surface area contributed by atoms with Crippen molar-refractivity contribution in [1.29, 1.82) is 0 Å². The van der Waals surface area contributed by atoms with Gasteiger partial charge < -0.3 is 15.4 Å². The number of esters is 1. The van der Waals surface area contributed by atoms with Crippen LogP contribution in [0, 0.1) is 11.8 Å². The number of carbonyl (C=O) groups excluding carboxylic acids is 2. The predicted molar refractivity (Wildman–Crippen MR) is 129 cm³/mol. The normalized spacial score (nSPS) is 24.3. The van der Waals surface area contributed by atoms with Crippen LogP contribution in [-0.2, 0) is 19.7 Å². The summed E-state index contributed by atoms with van der Waals surface area (Å²) in [5.41, 5.74) is -0.468. The number of carbonyl (C=O) groups is 2. The Kier molecular flexibility index (Phi) is 8.09. The number of ether oxygens (including phenoxy) is 1. The quantitative estimate of drug-likeness (QED) is 0.322. The summed E-state index contributed by atoms with van der Waals surface area (Å²) in [6.07, 6.45) is 12.7. The van der Waals surface area contributed by atoms with Crippen LogP contribution in [0.3, 0.4) is 0 Å². The first-order valence-corrected chi connectivity index (χ1v) is 13.0. The van der Waals surface area contributed by atoms with Crippen molar-refractivity contribution >= 4 is 29.0 Å². The number of anilines is 1. The largest absolute Gasteiger partial charge is 0.461 e. The van der Waals surface area contributed by atoms with Crippen LogP contribution in [-0.4, -0.2) is 41.0 Å². The monoisotopic (exact) mass is 470 g/mol. The second-order valence-corrected chi connectivity index (χ2v) is 10.3. The minimum absolute atomic E-state index is 0.0231. The molecular formula is C25H34N4O3S. The van der Waals surface area contributed by atoms with E-state index in [1.165, 1.54) is 19.0 Å². The predicted octanol–water partition coefficient (Wildman–Crippen LogP) is 4.32. The highest BCUT2D eigenvalue weighted by molar-refractivity contribution is 7.10. The lowest BCUT2D eigenvalue weighted by atomic mass is 9.70. The molecule has 178 valence electrons. The highest BCUT2D eigenvalue weighted by atomic mass is 32.1. The van der Waals surface area contributed by atoms with Gasteiger partial charge in [0.15, 0.2) is 5.82 Å². The summed E-state index contributed by atoms with van der Waals surface area (Å²) in [7, 11) is 0. The van der Waals surface area contributed by atoms with E-state index in [-0.39, 0.29) is 24.5 Å². The standard InChI is InChI=1S/C25H34N4O3S/c1-18-15-20(19(18)8-11-26-17-23(30)29-22-16-27-12-13-28-22)32-24(31)25(21-7-6-14-33-21)9-4-2-3-5-10-25/h6-7,12-14,16,18-20,26H,2-5,8-11,15,17H2,1H3,(H,28,29,30)/t18?,19?,20-/m0/s1. The van der Waals surface area contributed by atoms with Crippen molar-refractivity contribution in [2.75, 3.05) is 18.4 Å². The molecule has 2 fully saturated rings. The molecule has 2 aromatic rings. The zero-order valence-corrected chi connectivity index (χ0v) is 20.1. The first-order chi connectivity index (χ1) is 16.1. The van der Waals surface area contributed by atoms with Crippen LogP contribution in [0.15, 0.2) is 36.1 Å². The molecule has 0 radical (unpaired) electrons. The fourth-order valence-corrected chi connectivity index (χ4v) is 6.17. The molecule has 0 aromatic carbocycles. The lowest BCUT2D eigenvalue weighted by Gasteiger charge is -2.44. The molecule has 1 amide bonds. The fraction of sp³-hybridized carbons (Fsp3) is 0.600. The number of thiophene rings is 1. The SMILES string of the molecule is CC1C[C@H](OC(=O)C2(c3cccs3)CCCCCC2)C1CCNCC(=O)Nc1cnccn1. The molecule has 3 atom stereocenters. The van der Waals surface area contributed by atoms with E-state index in [0.29, 0.717) is 24.2 Å². The number of aromatic nitrogens is 2. The lowest BCUT2D eigenvalue weighted by molar-refractivity contribution is -0.170. The smallest absolute Gasteiger partial charge is 0.317 e. The molecule has 7 nitrogen and oxygen atoms in total. The van der Waals surface area contributed by atoms with Crippen molar-refractivity contribution in [3.05, 3.63) is 41.0 Å². The van der Waals surface area contributed by atoms with Crippen LogP contribution in [0.2, 0.25) is 0 Å². The zero-order valence-electron chi connectivity index (χ0n) is 19.3. The molecule has 2 saturated carbocycles. The van der Waals surface area contributed by atoms with E-state index in [0.717, 1.165) is 43.4 Å². The third-order valence-electron chi connectivity index (χ3n) is 7.18. The molecule has 0 aliphatic heterocycles. The van der Waals surface area contributed by atoms with Crippen molar-refractivity contribution in [3.63, 3.8) is 0 Å². The van der Waals surface area contributed by atoms with Gasteiger partial charge in [0.05, 0.1) is 12.7 Å². The van der Waals surface area contributed by atoms with E-state index in [1.807, 2.05) is 6.07 Å². The van der Waals surface area contributed by atoms with Gasteiger partial charge in [-0.2, -0.15) is 0 Å². The number of nitrogens with zero attached hydrogens (tertiary/aromatic N) is 2. The third-order valence-corrected chi connectivity index (χ3v) is 8.26. The summed E-state index contributed by atoms with van der Waals surface area (Å²) in [6, 6.07) is 4.15. The van der Waals surface area contributed by atoms with Crippen molar-refractivity contribution < 1.29 is 14.3 Å². The van der Waals surface area contributed by atoms with E-state index in [9.17, 15) is 9.59 Å². The molecule has 2 heterocycles. The van der Waals surface area contributed by atoms with Crippen molar-refractivity contribution in [2.24, 2.45) is 11.8 Å². The van der Waals surface area contributed by atoms with Crippen LogP contribution in [0.5, 0.6) is 0 Å². The number of hydrogen-bond donors (Lipinski definition) is 2. The average Bonchev–Trinajstić information content (AvgIpc) is 3.24. The van der Waals surface area contributed by atoms with Gasteiger partial charge in [-0.15, -0.1) is 11.3 Å². The highest BCUT2D eigenvalue weighted by Crippen LogP contribution is 2.45. The van der Waals surface area contributed by atoms with Gasteiger partial charge in [-0.1, -0.05) is 38.7 Å². The first kappa shape index (κ1) is 23.8. The van der Waals surface area contributed by atoms with Crippen LogP contribution >= 0.6 is 11.3 Å². The van der Waals surface area contributed by atoms with Crippen molar-refractivity contribution in [3.8, 4) is 0 Å². The van der Waals surface area contributed by atoms with Crippen LogP contribution in [0.4, 0.5) is 5.82 Å². The Labute approximate surface area is 199 Å². The number of amides is 1. The Morgan fingerprint density at radius 1 is 1.21 bits per heavy atom. The molecule has 2 aliphatic carbocycles. The second kappa shape index (κ2) is 11.2. The van der Waals surface area contributed by atoms with E-state index in [2.05, 4.69) is 39.0 Å². The maximum Gasteiger partial charge on any atom is 0.317 e. The average molecular weight is 471 g/mol. The highest BCUT2D eigenvalue weighted by Gasteiger charge is 2.47. The molecule has 2 N–H and O–H groups in total. The summed E-state index contributed by atoms with van der Waals surface area (Å²) in [4.78, 5) is 34.7. The van der Waals surface area contributed by atoms with Gasteiger partial charge in [-0.05, 0) is 55.5 Å². The maximum absolute atomic E-state index is 13.5. The van der Waals surface area contributed by atoms with E-state index in [4.69, 9.17) is 4.74 Å². The van der Waals surface area contributed by atoms with Crippen molar-refractivity contribution in [2.45, 2.75) is 69.8 Å². The summed E-state index contributed by atoms with van der Waals surface area (Å²) >= 11 is 1.68. The Balaban J connectivity index is 1.27. The number of hydrogen-bond acceptors (Lipinski definition) is 7. The molecular weight excluding hydrogens is 436 g/mol. The molecule has 0 saturated heterocycles. The minimum Gasteiger partial charge on any atom is -0.461 e. The minimum atomic E-state index is -0.468. The molecule has 0 bridgehead atoms. The molecule has 2 aliphatic rings. The van der Waals surface area contributed by atoms with Crippen LogP contribution in [0.1, 0.15) is 63.2 Å². The second-order valence-electron chi connectivity index (χ2n) is 9.40. The molecule has 2 aromatic heterocycles. The molecule has 2 unspecified atom stereocenters. The van der Waals surface area contributed by atoms with Gasteiger partial charge >= 0.3 is 5.97 Å². The summed E-state index contributed by atoms with van der Waals surface area (Å²) in [5.74, 6) is 1.12. The zero-order chi connectivity index (χ0) is 23.1. The Bertz CT molecular complexity index is 898. The van der Waals surface area contributed by atoms with Crippen molar-refractivity contribution in [1.82, 2.24) is 15.3 Å². The molecule has 8 heteroatoms. The third kappa shape index (κ3) is 5.79. The van der Waals surface area contributed by atoms with Gasteiger partial charge in [0.25, 0.3) is 0 Å². The van der Waals surface area contributed by atoms with Gasteiger partial charge in [0, 0.05) is 17.3 Å². The van der Waals surface area contributed by atoms with E-state index >= 15 is 0 Å². The lowest BCUT2D eigenvalue weighted by Crippen LogP contribution is -2.48. The van der Waals surface area contributed by atoms with Crippen LogP contribution in [0.25, 0.3) is 0 Å². The molecule has 0 spiro atoms. The first-order valence-electron chi connectivity index (χ1n) is 12.1. The summed E-state index contributed by atoms with van der Waals surface area (Å²) < 4.78 is 6.19. The number of nitrogens with one attached hydrogen (secondary N) is 2. The molecule has 33 heavy (non-hydrogen) atoms.